The Labute approximate surface area is 189 Å². The minimum absolute atomic E-state index is 0.187. The van der Waals surface area contributed by atoms with Crippen LogP contribution in [-0.4, -0.2) is 46.2 Å². The molecular formula is C20H21Cl2N3O6. The van der Waals surface area contributed by atoms with Crippen LogP contribution >= 0.6 is 23.2 Å². The predicted octanol–water partition coefficient (Wildman–Crippen LogP) is 4.71. The molecule has 0 aromatic heterocycles. The van der Waals surface area contributed by atoms with Gasteiger partial charge in [-0.1, -0.05) is 23.2 Å². The average molecular weight is 470 g/mol. The summed E-state index contributed by atoms with van der Waals surface area (Å²) in [6, 6.07) is 4.50. The van der Waals surface area contributed by atoms with Crippen LogP contribution in [0, 0.1) is 0 Å². The number of hydrogen-bond donors (Lipinski definition) is 1. The minimum atomic E-state index is -1.45. The predicted molar refractivity (Wildman–Crippen MR) is 117 cm³/mol. The van der Waals surface area contributed by atoms with Crippen molar-refractivity contribution in [2.75, 3.05) is 33.8 Å². The van der Waals surface area contributed by atoms with E-state index < -0.39 is 17.7 Å². The lowest BCUT2D eigenvalue weighted by Gasteiger charge is -2.14. The zero-order valence-electron chi connectivity index (χ0n) is 17.5. The second-order valence-corrected chi connectivity index (χ2v) is 6.91. The van der Waals surface area contributed by atoms with Gasteiger partial charge in [-0.2, -0.15) is 10.2 Å². The van der Waals surface area contributed by atoms with E-state index in [9.17, 15) is 9.59 Å². The van der Waals surface area contributed by atoms with Crippen LogP contribution < -0.4 is 24.3 Å². The molecule has 0 saturated carbocycles. The SMILES string of the molecule is COc1cc(Cl)c(NC(=O)C(N=Nc2cc(Cl)cc(OC)c2OC)C(C)=O)cc1OC. The summed E-state index contributed by atoms with van der Waals surface area (Å²) in [6.45, 7) is 1.22. The highest BCUT2D eigenvalue weighted by molar-refractivity contribution is 6.34. The van der Waals surface area contributed by atoms with Crippen LogP contribution in [0.2, 0.25) is 10.0 Å². The summed E-state index contributed by atoms with van der Waals surface area (Å²) in [4.78, 5) is 24.8. The maximum atomic E-state index is 12.7. The van der Waals surface area contributed by atoms with Crippen LogP contribution in [0.5, 0.6) is 23.0 Å². The molecule has 0 heterocycles. The van der Waals surface area contributed by atoms with Crippen molar-refractivity contribution in [1.82, 2.24) is 0 Å². The molecule has 31 heavy (non-hydrogen) atoms. The fourth-order valence-electron chi connectivity index (χ4n) is 2.58. The van der Waals surface area contributed by atoms with E-state index in [2.05, 4.69) is 15.5 Å². The van der Waals surface area contributed by atoms with E-state index in [-0.39, 0.29) is 22.1 Å². The van der Waals surface area contributed by atoms with Gasteiger partial charge in [0, 0.05) is 23.2 Å². The molecule has 0 spiro atoms. The first kappa shape index (κ1) is 24.2. The number of methoxy groups -OCH3 is 4. The Morgan fingerprint density at radius 3 is 2.06 bits per heavy atom. The number of azo groups is 1. The zero-order chi connectivity index (χ0) is 23.1. The Morgan fingerprint density at radius 1 is 0.903 bits per heavy atom. The molecule has 2 aromatic rings. The lowest BCUT2D eigenvalue weighted by Crippen LogP contribution is -2.31. The maximum absolute atomic E-state index is 12.7. The van der Waals surface area contributed by atoms with Gasteiger partial charge in [0.2, 0.25) is 6.04 Å². The van der Waals surface area contributed by atoms with Gasteiger partial charge >= 0.3 is 0 Å². The number of nitrogens with one attached hydrogen (secondary N) is 1. The van der Waals surface area contributed by atoms with Gasteiger partial charge in [-0.05, 0) is 13.0 Å². The van der Waals surface area contributed by atoms with Crippen LogP contribution in [0.1, 0.15) is 6.92 Å². The number of rotatable bonds is 9. The zero-order valence-corrected chi connectivity index (χ0v) is 19.0. The van der Waals surface area contributed by atoms with Crippen LogP contribution in [0.3, 0.4) is 0 Å². The topological polar surface area (TPSA) is 108 Å². The number of nitrogens with zero attached hydrogens (tertiary/aromatic N) is 2. The molecule has 0 aliphatic heterocycles. The molecule has 11 heteroatoms. The molecule has 0 fully saturated rings. The van der Waals surface area contributed by atoms with Crippen molar-refractivity contribution in [3.05, 3.63) is 34.3 Å². The van der Waals surface area contributed by atoms with Gasteiger partial charge in [-0.3, -0.25) is 9.59 Å². The Hall–Kier alpha value is -3.04. The van der Waals surface area contributed by atoms with Gasteiger partial charge in [0.1, 0.15) is 5.69 Å². The second kappa shape index (κ2) is 10.8. The molecule has 1 N–H and O–H groups in total. The summed E-state index contributed by atoms with van der Waals surface area (Å²) in [6.07, 6.45) is 0. The summed E-state index contributed by atoms with van der Waals surface area (Å²) in [5, 5.41) is 10.9. The first-order valence-electron chi connectivity index (χ1n) is 8.80. The minimum Gasteiger partial charge on any atom is -0.493 e. The Morgan fingerprint density at radius 2 is 1.52 bits per heavy atom. The first-order chi connectivity index (χ1) is 14.7. The molecule has 0 aliphatic carbocycles. The van der Waals surface area contributed by atoms with E-state index in [0.717, 1.165) is 0 Å². The number of carbonyl (C=O) groups excluding carboxylic acids is 2. The molecule has 1 atom stereocenters. The number of hydrogen-bond acceptors (Lipinski definition) is 8. The van der Waals surface area contributed by atoms with Crippen molar-refractivity contribution >= 4 is 46.3 Å². The molecule has 1 unspecified atom stereocenters. The first-order valence-corrected chi connectivity index (χ1v) is 9.56. The van der Waals surface area contributed by atoms with Gasteiger partial charge in [0.25, 0.3) is 5.91 Å². The van der Waals surface area contributed by atoms with Gasteiger partial charge < -0.3 is 24.3 Å². The highest BCUT2D eigenvalue weighted by Crippen LogP contribution is 2.40. The fraction of sp³-hybridized carbons (Fsp3) is 0.300. The maximum Gasteiger partial charge on any atom is 0.258 e. The molecule has 0 bridgehead atoms. The number of ether oxygens (including phenoxy) is 4. The van der Waals surface area contributed by atoms with Crippen LogP contribution in [-0.2, 0) is 9.59 Å². The third-order valence-electron chi connectivity index (χ3n) is 4.07. The number of Topliss-reactive ketones (excluding diaryl/α,β-unsaturated/α-hetero) is 1. The summed E-state index contributed by atoms with van der Waals surface area (Å²) >= 11 is 12.3. The number of ketones is 1. The molecule has 2 rings (SSSR count). The van der Waals surface area contributed by atoms with E-state index in [1.54, 1.807) is 0 Å². The molecule has 2 aromatic carbocycles. The molecular weight excluding hydrogens is 449 g/mol. The molecule has 0 radical (unpaired) electrons. The normalized spacial score (nSPS) is 11.7. The van der Waals surface area contributed by atoms with Crippen molar-refractivity contribution in [2.45, 2.75) is 13.0 Å². The van der Waals surface area contributed by atoms with Crippen molar-refractivity contribution in [2.24, 2.45) is 10.2 Å². The third-order valence-corrected chi connectivity index (χ3v) is 4.60. The quantitative estimate of drug-likeness (QED) is 0.420. The largest absolute Gasteiger partial charge is 0.493 e. The fourth-order valence-corrected chi connectivity index (χ4v) is 2.98. The van der Waals surface area contributed by atoms with Gasteiger partial charge in [0.05, 0.1) is 39.1 Å². The number of benzene rings is 2. The number of amides is 1. The Bertz CT molecular complexity index is 1010. The molecule has 0 saturated heterocycles. The van der Waals surface area contributed by atoms with Crippen LogP contribution in [0.15, 0.2) is 34.5 Å². The van der Waals surface area contributed by atoms with Gasteiger partial charge in [-0.25, -0.2) is 0 Å². The van der Waals surface area contributed by atoms with Gasteiger partial charge in [-0.15, -0.1) is 0 Å². The molecule has 9 nitrogen and oxygen atoms in total. The van der Waals surface area contributed by atoms with E-state index in [1.165, 1.54) is 59.6 Å². The van der Waals surface area contributed by atoms with Crippen LogP contribution in [0.4, 0.5) is 11.4 Å². The average Bonchev–Trinajstić information content (AvgIpc) is 2.74. The summed E-state index contributed by atoms with van der Waals surface area (Å²) < 4.78 is 20.8. The second-order valence-electron chi connectivity index (χ2n) is 6.07. The third kappa shape index (κ3) is 5.77. The van der Waals surface area contributed by atoms with Crippen molar-refractivity contribution in [3.63, 3.8) is 0 Å². The van der Waals surface area contributed by atoms with E-state index in [1.807, 2.05) is 0 Å². The van der Waals surface area contributed by atoms with Crippen LogP contribution in [0.25, 0.3) is 0 Å². The lowest BCUT2D eigenvalue weighted by molar-refractivity contribution is -0.126. The van der Waals surface area contributed by atoms with Crippen molar-refractivity contribution < 1.29 is 28.5 Å². The van der Waals surface area contributed by atoms with Crippen molar-refractivity contribution in [1.29, 1.82) is 0 Å². The summed E-state index contributed by atoms with van der Waals surface area (Å²) in [5.41, 5.74) is 0.405. The molecule has 166 valence electrons. The summed E-state index contributed by atoms with van der Waals surface area (Å²) in [5.74, 6) is 0.0320. The van der Waals surface area contributed by atoms with Crippen molar-refractivity contribution in [3.8, 4) is 23.0 Å². The summed E-state index contributed by atoms with van der Waals surface area (Å²) in [7, 11) is 5.75. The number of halogens is 2. The van der Waals surface area contributed by atoms with Gasteiger partial charge in [0.15, 0.2) is 28.8 Å². The molecule has 1 amide bonds. The number of carbonyl (C=O) groups is 2. The van der Waals surface area contributed by atoms with E-state index >= 15 is 0 Å². The smallest absolute Gasteiger partial charge is 0.258 e. The standard InChI is InChI=1S/C20H21Cl2N3O6/c1-10(26)18(25-24-14-6-11(21)7-17(30-4)19(14)31-5)20(27)23-13-9-16(29-3)15(28-2)8-12(13)22/h6-9,18H,1-5H3,(H,23,27). The highest BCUT2D eigenvalue weighted by Gasteiger charge is 2.25. The highest BCUT2D eigenvalue weighted by atomic mass is 35.5. The monoisotopic (exact) mass is 469 g/mol. The number of anilines is 1. The van der Waals surface area contributed by atoms with E-state index in [0.29, 0.717) is 22.3 Å². The lowest BCUT2D eigenvalue weighted by atomic mass is 10.2. The Balaban J connectivity index is 2.35. The molecule has 0 aliphatic rings. The van der Waals surface area contributed by atoms with E-state index in [4.69, 9.17) is 42.1 Å². The Kier molecular flexibility index (Phi) is 8.47.